The summed E-state index contributed by atoms with van der Waals surface area (Å²) in [5.41, 5.74) is -0.299. The van der Waals surface area contributed by atoms with Gasteiger partial charge in [0.25, 0.3) is 0 Å². The molecule has 1 aromatic heterocycles. The largest absolute Gasteiger partial charge is 0.381 e. The molecule has 1 amide bonds. The van der Waals surface area contributed by atoms with Crippen molar-refractivity contribution < 1.29 is 9.53 Å². The predicted octanol–water partition coefficient (Wildman–Crippen LogP) is 1.16. The monoisotopic (exact) mass is 375 g/mol. The van der Waals surface area contributed by atoms with E-state index in [1.165, 1.54) is 6.42 Å². The van der Waals surface area contributed by atoms with E-state index in [1.807, 2.05) is 16.9 Å². The van der Waals surface area contributed by atoms with Crippen LogP contribution in [-0.4, -0.2) is 71.1 Å². The van der Waals surface area contributed by atoms with Crippen LogP contribution >= 0.6 is 0 Å². The van der Waals surface area contributed by atoms with Gasteiger partial charge in [-0.15, -0.1) is 0 Å². The summed E-state index contributed by atoms with van der Waals surface area (Å²) >= 11 is 0. The Morgan fingerprint density at radius 2 is 2.15 bits per heavy atom. The Morgan fingerprint density at radius 3 is 2.96 bits per heavy atom. The Morgan fingerprint density at radius 1 is 1.26 bits per heavy atom. The molecule has 3 aliphatic heterocycles. The smallest absolute Gasteiger partial charge is 0.240 e. The quantitative estimate of drug-likeness (QED) is 0.700. The van der Waals surface area contributed by atoms with Gasteiger partial charge in [0.2, 0.25) is 5.91 Å². The molecule has 0 spiro atoms. The van der Waals surface area contributed by atoms with E-state index in [0.29, 0.717) is 18.6 Å². The summed E-state index contributed by atoms with van der Waals surface area (Å²) in [6.07, 6.45) is 11.1. The van der Waals surface area contributed by atoms with E-state index in [-0.39, 0.29) is 11.4 Å². The van der Waals surface area contributed by atoms with E-state index in [1.54, 1.807) is 6.20 Å². The summed E-state index contributed by atoms with van der Waals surface area (Å²) in [5.74, 6) is 0.235. The van der Waals surface area contributed by atoms with Crippen molar-refractivity contribution in [1.82, 2.24) is 25.3 Å². The molecule has 1 aromatic rings. The number of ether oxygens (including phenoxy) is 1. The van der Waals surface area contributed by atoms with E-state index >= 15 is 0 Å². The third-order valence-electron chi connectivity index (χ3n) is 6.42. The zero-order valence-corrected chi connectivity index (χ0v) is 16.2. The van der Waals surface area contributed by atoms with Gasteiger partial charge in [-0.3, -0.25) is 14.4 Å². The second kappa shape index (κ2) is 8.71. The molecule has 150 valence electrons. The fourth-order valence-corrected chi connectivity index (χ4v) is 5.03. The van der Waals surface area contributed by atoms with Crippen LogP contribution in [0.3, 0.4) is 0 Å². The maximum atomic E-state index is 13.2. The minimum atomic E-state index is -0.299. The van der Waals surface area contributed by atoms with Gasteiger partial charge in [0.1, 0.15) is 5.54 Å². The number of aryl methyl sites for hydroxylation is 1. The van der Waals surface area contributed by atoms with Crippen molar-refractivity contribution >= 4 is 5.91 Å². The van der Waals surface area contributed by atoms with Crippen LogP contribution in [0.1, 0.15) is 44.9 Å². The highest BCUT2D eigenvalue weighted by molar-refractivity contribution is 5.87. The standard InChI is InChI=1S/C20H33N5O2/c26-19(21-8-3-11-25-12-4-9-22-25)20-7-1-2-10-24(20)16-18(15-20)23-17-5-13-27-14-6-17/h4,9,12,17-18,23H,1-3,5-8,10-11,13-16H2,(H,21,26)/t18-,20-/m0/s1. The van der Waals surface area contributed by atoms with Crippen molar-refractivity contribution in [1.29, 1.82) is 0 Å². The minimum Gasteiger partial charge on any atom is -0.381 e. The second-order valence-corrected chi connectivity index (χ2v) is 8.27. The van der Waals surface area contributed by atoms with Crippen molar-refractivity contribution in [2.45, 2.75) is 69.1 Å². The van der Waals surface area contributed by atoms with Gasteiger partial charge in [0.15, 0.2) is 0 Å². The van der Waals surface area contributed by atoms with Crippen molar-refractivity contribution in [3.63, 3.8) is 0 Å². The number of amides is 1. The lowest BCUT2D eigenvalue weighted by atomic mass is 9.84. The summed E-state index contributed by atoms with van der Waals surface area (Å²) in [6, 6.07) is 2.89. The molecule has 0 saturated carbocycles. The maximum absolute atomic E-state index is 13.2. The third kappa shape index (κ3) is 4.36. The lowest BCUT2D eigenvalue weighted by Crippen LogP contribution is -2.57. The fourth-order valence-electron chi connectivity index (χ4n) is 5.03. The Kier molecular flexibility index (Phi) is 6.10. The first-order chi connectivity index (χ1) is 13.3. The SMILES string of the molecule is O=C(NCCCn1cccn1)[C@@]12CCCCN1C[C@@H](NC1CCOCC1)C2. The summed E-state index contributed by atoms with van der Waals surface area (Å²) in [7, 11) is 0. The minimum absolute atomic E-state index is 0.235. The number of hydrogen-bond donors (Lipinski definition) is 2. The molecule has 3 aliphatic rings. The highest BCUT2D eigenvalue weighted by atomic mass is 16.5. The molecule has 27 heavy (non-hydrogen) atoms. The van der Waals surface area contributed by atoms with Gasteiger partial charge in [-0.2, -0.15) is 5.10 Å². The third-order valence-corrected chi connectivity index (χ3v) is 6.42. The van der Waals surface area contributed by atoms with Crippen LogP contribution in [0.15, 0.2) is 18.5 Å². The number of rotatable bonds is 7. The lowest BCUT2D eigenvalue weighted by molar-refractivity contribution is -0.133. The number of nitrogens with zero attached hydrogens (tertiary/aromatic N) is 3. The van der Waals surface area contributed by atoms with Gasteiger partial charge in [0.05, 0.1) is 0 Å². The number of fused-ring (bicyclic) bond motifs is 1. The lowest BCUT2D eigenvalue weighted by Gasteiger charge is -2.40. The van der Waals surface area contributed by atoms with Crippen LogP contribution in [0.4, 0.5) is 0 Å². The van der Waals surface area contributed by atoms with Crippen molar-refractivity contribution in [2.24, 2.45) is 0 Å². The molecule has 0 aliphatic carbocycles. The summed E-state index contributed by atoms with van der Waals surface area (Å²) < 4.78 is 7.40. The van der Waals surface area contributed by atoms with Gasteiger partial charge in [-0.25, -0.2) is 0 Å². The average Bonchev–Trinajstić information content (AvgIpc) is 3.33. The molecule has 4 rings (SSSR count). The van der Waals surface area contributed by atoms with Crippen LogP contribution in [0, 0.1) is 0 Å². The Labute approximate surface area is 161 Å². The van der Waals surface area contributed by atoms with Crippen LogP contribution < -0.4 is 10.6 Å². The van der Waals surface area contributed by atoms with Crippen molar-refractivity contribution in [2.75, 3.05) is 32.8 Å². The molecule has 2 N–H and O–H groups in total. The molecular formula is C20H33N5O2. The van der Waals surface area contributed by atoms with Crippen LogP contribution in [-0.2, 0) is 16.1 Å². The van der Waals surface area contributed by atoms with E-state index in [0.717, 1.165) is 71.4 Å². The van der Waals surface area contributed by atoms with E-state index in [2.05, 4.69) is 20.6 Å². The van der Waals surface area contributed by atoms with Crippen LogP contribution in [0.25, 0.3) is 0 Å². The van der Waals surface area contributed by atoms with E-state index in [4.69, 9.17) is 4.74 Å². The van der Waals surface area contributed by atoms with Gasteiger partial charge < -0.3 is 15.4 Å². The van der Waals surface area contributed by atoms with Crippen LogP contribution in [0.5, 0.6) is 0 Å². The normalized spacial score (nSPS) is 29.6. The number of piperidine rings is 1. The topological polar surface area (TPSA) is 71.4 Å². The Balaban J connectivity index is 1.31. The van der Waals surface area contributed by atoms with Gasteiger partial charge in [-0.1, -0.05) is 0 Å². The van der Waals surface area contributed by atoms with E-state index in [9.17, 15) is 4.79 Å². The average molecular weight is 376 g/mol. The molecule has 0 unspecified atom stereocenters. The Bertz CT molecular complexity index is 602. The number of carbonyl (C=O) groups is 1. The van der Waals surface area contributed by atoms with Crippen LogP contribution in [0.2, 0.25) is 0 Å². The number of nitrogens with one attached hydrogen (secondary N) is 2. The molecule has 7 heteroatoms. The molecule has 3 saturated heterocycles. The Hall–Kier alpha value is -1.44. The molecule has 0 bridgehead atoms. The number of carbonyl (C=O) groups excluding carboxylic acids is 1. The van der Waals surface area contributed by atoms with Crippen molar-refractivity contribution in [3.05, 3.63) is 18.5 Å². The molecular weight excluding hydrogens is 342 g/mol. The summed E-state index contributed by atoms with van der Waals surface area (Å²) in [4.78, 5) is 15.6. The highest BCUT2D eigenvalue weighted by Gasteiger charge is 2.51. The maximum Gasteiger partial charge on any atom is 0.240 e. The first-order valence-corrected chi connectivity index (χ1v) is 10.6. The first kappa shape index (κ1) is 18.9. The van der Waals surface area contributed by atoms with Gasteiger partial charge >= 0.3 is 0 Å². The van der Waals surface area contributed by atoms with E-state index < -0.39 is 0 Å². The highest BCUT2D eigenvalue weighted by Crippen LogP contribution is 2.38. The predicted molar refractivity (Wildman–Crippen MR) is 103 cm³/mol. The van der Waals surface area contributed by atoms with Gasteiger partial charge in [-0.05, 0) is 57.6 Å². The number of hydrogen-bond acceptors (Lipinski definition) is 5. The molecule has 0 aromatic carbocycles. The second-order valence-electron chi connectivity index (χ2n) is 8.27. The van der Waals surface area contributed by atoms with Crippen molar-refractivity contribution in [3.8, 4) is 0 Å². The summed E-state index contributed by atoms with van der Waals surface area (Å²) in [6.45, 7) is 5.32. The zero-order valence-electron chi connectivity index (χ0n) is 16.2. The first-order valence-electron chi connectivity index (χ1n) is 10.6. The fraction of sp³-hybridized carbons (Fsp3) is 0.800. The summed E-state index contributed by atoms with van der Waals surface area (Å²) in [5, 5.41) is 11.3. The molecule has 7 nitrogen and oxygen atoms in total. The molecule has 4 heterocycles. The molecule has 0 radical (unpaired) electrons. The molecule has 2 atom stereocenters. The molecule has 3 fully saturated rings. The number of aromatic nitrogens is 2. The van der Waals surface area contributed by atoms with Gasteiger partial charge in [0, 0.05) is 57.3 Å². The zero-order chi connectivity index (χ0) is 18.5.